The molecule has 0 unspecified atom stereocenters. The van der Waals surface area contributed by atoms with E-state index < -0.39 is 0 Å². The second-order valence-corrected chi connectivity index (χ2v) is 3.58. The van der Waals surface area contributed by atoms with Gasteiger partial charge in [-0.25, -0.2) is 0 Å². The average Bonchev–Trinajstić information content (AvgIpc) is 2.47. The van der Waals surface area contributed by atoms with Gasteiger partial charge >= 0.3 is 0 Å². The highest BCUT2D eigenvalue weighted by atomic mass is 15.0. The highest BCUT2D eigenvalue weighted by molar-refractivity contribution is 5.83. The molecule has 13 heavy (non-hydrogen) atoms. The van der Waals surface area contributed by atoms with Gasteiger partial charge in [0.1, 0.15) is 0 Å². The Morgan fingerprint density at radius 3 is 2.85 bits per heavy atom. The summed E-state index contributed by atoms with van der Waals surface area (Å²) in [7, 11) is 0. The van der Waals surface area contributed by atoms with E-state index in [1.807, 2.05) is 0 Å². The normalized spacial score (nSPS) is 21.7. The summed E-state index contributed by atoms with van der Waals surface area (Å²) in [5.41, 5.74) is 2.66. The first-order valence-corrected chi connectivity index (χ1v) is 4.74. The Balaban J connectivity index is 2.17. The average molecular weight is 172 g/mol. The van der Waals surface area contributed by atoms with Crippen molar-refractivity contribution in [1.29, 1.82) is 0 Å². The lowest BCUT2D eigenvalue weighted by molar-refractivity contribution is 0.385. The van der Waals surface area contributed by atoms with Crippen LogP contribution in [-0.2, 0) is 0 Å². The number of aromatic nitrogens is 1. The van der Waals surface area contributed by atoms with Crippen LogP contribution < -0.4 is 5.32 Å². The van der Waals surface area contributed by atoms with Gasteiger partial charge in [0, 0.05) is 23.1 Å². The SMILES string of the molecule is c1ccc2c([C@@H]3CCN3)c[nH]c2c1. The van der Waals surface area contributed by atoms with Gasteiger partial charge in [-0.1, -0.05) is 18.2 Å². The zero-order valence-corrected chi connectivity index (χ0v) is 7.38. The van der Waals surface area contributed by atoms with Crippen LogP contribution >= 0.6 is 0 Å². The molecule has 0 radical (unpaired) electrons. The standard InChI is InChI=1S/C11H12N2/c1-2-4-10-8(3-1)9(7-13-10)11-5-6-12-11/h1-4,7,11-13H,5-6H2/t11-/m0/s1. The third-order valence-electron chi connectivity index (χ3n) is 2.82. The molecule has 0 spiro atoms. The van der Waals surface area contributed by atoms with E-state index in [0.29, 0.717) is 6.04 Å². The second-order valence-electron chi connectivity index (χ2n) is 3.58. The minimum Gasteiger partial charge on any atom is -0.361 e. The highest BCUT2D eigenvalue weighted by Crippen LogP contribution is 2.29. The maximum atomic E-state index is 3.42. The van der Waals surface area contributed by atoms with Crippen molar-refractivity contribution in [3.05, 3.63) is 36.0 Å². The summed E-state index contributed by atoms with van der Waals surface area (Å²) in [6.45, 7) is 1.16. The predicted molar refractivity (Wildman–Crippen MR) is 53.7 cm³/mol. The number of aromatic amines is 1. The molecule has 1 aliphatic heterocycles. The molecule has 1 aromatic heterocycles. The minimum absolute atomic E-state index is 0.580. The molecule has 3 rings (SSSR count). The molecule has 2 heteroatoms. The summed E-state index contributed by atoms with van der Waals surface area (Å²) in [6.07, 6.45) is 3.39. The van der Waals surface area contributed by atoms with Crippen molar-refractivity contribution in [1.82, 2.24) is 10.3 Å². The molecule has 0 bridgehead atoms. The number of H-pyrrole nitrogens is 1. The van der Waals surface area contributed by atoms with Crippen LogP contribution in [-0.4, -0.2) is 11.5 Å². The molecule has 0 amide bonds. The zero-order valence-electron chi connectivity index (χ0n) is 7.38. The first-order valence-electron chi connectivity index (χ1n) is 4.74. The molecule has 2 N–H and O–H groups in total. The molecule has 1 fully saturated rings. The molecule has 1 atom stereocenters. The van der Waals surface area contributed by atoms with E-state index in [-0.39, 0.29) is 0 Å². The Labute approximate surface area is 77.0 Å². The third kappa shape index (κ3) is 0.988. The lowest BCUT2D eigenvalue weighted by atomic mass is 9.98. The lowest BCUT2D eigenvalue weighted by Crippen LogP contribution is -2.34. The van der Waals surface area contributed by atoms with Crippen LogP contribution in [0.25, 0.3) is 10.9 Å². The maximum Gasteiger partial charge on any atom is 0.0457 e. The van der Waals surface area contributed by atoms with Gasteiger partial charge in [-0.05, 0) is 24.6 Å². The summed E-state index contributed by atoms with van der Waals surface area (Å²) < 4.78 is 0. The Hall–Kier alpha value is -1.28. The second kappa shape index (κ2) is 2.60. The van der Waals surface area contributed by atoms with Gasteiger partial charge in [0.15, 0.2) is 0 Å². The molecule has 2 heterocycles. The van der Waals surface area contributed by atoms with Gasteiger partial charge in [0.2, 0.25) is 0 Å². The maximum absolute atomic E-state index is 3.42. The van der Waals surface area contributed by atoms with Crippen molar-refractivity contribution in [3.63, 3.8) is 0 Å². The van der Waals surface area contributed by atoms with Gasteiger partial charge in [-0.15, -0.1) is 0 Å². The molecule has 1 saturated heterocycles. The Bertz CT molecular complexity index is 426. The minimum atomic E-state index is 0.580. The number of benzene rings is 1. The predicted octanol–water partition coefficient (Wildman–Crippen LogP) is 2.20. The van der Waals surface area contributed by atoms with Crippen molar-refractivity contribution >= 4 is 10.9 Å². The van der Waals surface area contributed by atoms with Gasteiger partial charge in [0.05, 0.1) is 0 Å². The molecule has 1 aromatic carbocycles. The number of nitrogens with one attached hydrogen (secondary N) is 2. The molecule has 2 aromatic rings. The Morgan fingerprint density at radius 1 is 1.23 bits per heavy atom. The largest absolute Gasteiger partial charge is 0.361 e. The van der Waals surface area contributed by atoms with E-state index in [1.54, 1.807) is 0 Å². The van der Waals surface area contributed by atoms with E-state index >= 15 is 0 Å². The summed E-state index contributed by atoms with van der Waals surface area (Å²) >= 11 is 0. The van der Waals surface area contributed by atoms with Crippen LogP contribution in [0.1, 0.15) is 18.0 Å². The summed E-state index contributed by atoms with van der Waals surface area (Å²) in [5, 5.41) is 4.78. The smallest absolute Gasteiger partial charge is 0.0457 e. The Morgan fingerprint density at radius 2 is 2.08 bits per heavy atom. The first-order chi connectivity index (χ1) is 6.45. The fraction of sp³-hybridized carbons (Fsp3) is 0.273. The summed E-state index contributed by atoms with van der Waals surface area (Å²) in [6, 6.07) is 9.05. The van der Waals surface area contributed by atoms with Crippen molar-refractivity contribution in [2.75, 3.05) is 6.54 Å². The summed E-state index contributed by atoms with van der Waals surface area (Å²) in [5.74, 6) is 0. The van der Waals surface area contributed by atoms with E-state index in [1.165, 1.54) is 22.9 Å². The summed E-state index contributed by atoms with van der Waals surface area (Å²) in [4.78, 5) is 3.30. The molecular formula is C11H12N2. The number of fused-ring (bicyclic) bond motifs is 1. The molecular weight excluding hydrogens is 160 g/mol. The van der Waals surface area contributed by atoms with E-state index in [0.717, 1.165) is 6.54 Å². The van der Waals surface area contributed by atoms with E-state index in [2.05, 4.69) is 40.8 Å². The van der Waals surface area contributed by atoms with Gasteiger partial charge in [0.25, 0.3) is 0 Å². The number of rotatable bonds is 1. The highest BCUT2D eigenvalue weighted by Gasteiger charge is 2.20. The molecule has 0 saturated carbocycles. The van der Waals surface area contributed by atoms with Crippen molar-refractivity contribution in [2.24, 2.45) is 0 Å². The quantitative estimate of drug-likeness (QED) is 0.678. The Kier molecular flexibility index (Phi) is 1.43. The molecule has 1 aliphatic rings. The fourth-order valence-electron chi connectivity index (χ4n) is 1.94. The lowest BCUT2D eigenvalue weighted by Gasteiger charge is -2.27. The van der Waals surface area contributed by atoms with E-state index in [4.69, 9.17) is 0 Å². The van der Waals surface area contributed by atoms with Gasteiger partial charge in [-0.3, -0.25) is 0 Å². The van der Waals surface area contributed by atoms with E-state index in [9.17, 15) is 0 Å². The van der Waals surface area contributed by atoms with Crippen LogP contribution in [0.4, 0.5) is 0 Å². The van der Waals surface area contributed by atoms with Crippen LogP contribution in [0.3, 0.4) is 0 Å². The van der Waals surface area contributed by atoms with Crippen molar-refractivity contribution in [3.8, 4) is 0 Å². The zero-order chi connectivity index (χ0) is 8.67. The van der Waals surface area contributed by atoms with Crippen molar-refractivity contribution < 1.29 is 0 Å². The molecule has 66 valence electrons. The van der Waals surface area contributed by atoms with Crippen LogP contribution in [0.5, 0.6) is 0 Å². The number of para-hydroxylation sites is 1. The number of hydrogen-bond acceptors (Lipinski definition) is 1. The first kappa shape index (κ1) is 7.15. The van der Waals surface area contributed by atoms with Gasteiger partial charge < -0.3 is 10.3 Å². The van der Waals surface area contributed by atoms with Crippen molar-refractivity contribution in [2.45, 2.75) is 12.5 Å². The fourth-order valence-corrected chi connectivity index (χ4v) is 1.94. The molecule has 2 nitrogen and oxygen atoms in total. The topological polar surface area (TPSA) is 27.8 Å². The molecule has 0 aliphatic carbocycles. The number of hydrogen-bond donors (Lipinski definition) is 2. The van der Waals surface area contributed by atoms with Crippen LogP contribution in [0, 0.1) is 0 Å². The van der Waals surface area contributed by atoms with Crippen LogP contribution in [0.2, 0.25) is 0 Å². The van der Waals surface area contributed by atoms with Gasteiger partial charge in [-0.2, -0.15) is 0 Å². The monoisotopic (exact) mass is 172 g/mol. The van der Waals surface area contributed by atoms with Crippen LogP contribution in [0.15, 0.2) is 30.5 Å². The third-order valence-corrected chi connectivity index (χ3v) is 2.82.